The maximum absolute atomic E-state index is 11.1. The molecule has 1 aromatic rings. The molecule has 20 heavy (non-hydrogen) atoms. The monoisotopic (exact) mass is 296 g/mol. The Bertz CT molecular complexity index is 489. The molecule has 0 radical (unpaired) electrons. The largest absolute Gasteiger partial charge is 0.421 e. The van der Waals surface area contributed by atoms with Crippen LogP contribution in [-0.4, -0.2) is 18.2 Å². The number of carbonyl (C=O) groups excluding carboxylic acids is 2. The molecule has 0 heterocycles. The number of benzene rings is 1. The van der Waals surface area contributed by atoms with Crippen LogP contribution in [0.1, 0.15) is 32.8 Å². The van der Waals surface area contributed by atoms with Crippen molar-refractivity contribution in [2.24, 2.45) is 0 Å². The quantitative estimate of drug-likeness (QED) is 0.615. The predicted octanol–water partition coefficient (Wildman–Crippen LogP) is 3.59. The molecule has 1 aromatic carbocycles. The molecule has 0 fully saturated rings. The van der Waals surface area contributed by atoms with Gasteiger partial charge in [-0.25, -0.2) is 0 Å². The summed E-state index contributed by atoms with van der Waals surface area (Å²) in [5, 5.41) is 0.636. The number of hydrogen-bond donors (Lipinski definition) is 0. The summed E-state index contributed by atoms with van der Waals surface area (Å²) in [6, 6.07) is 7.17. The average molecular weight is 297 g/mol. The van der Waals surface area contributed by atoms with Crippen molar-refractivity contribution in [1.82, 2.24) is 0 Å². The number of ether oxygens (including phenoxy) is 2. The Morgan fingerprint density at radius 1 is 1.15 bits per heavy atom. The summed E-state index contributed by atoms with van der Waals surface area (Å²) in [5.41, 5.74) is 1.58. The first-order valence-electron chi connectivity index (χ1n) is 6.22. The van der Waals surface area contributed by atoms with E-state index in [0.717, 1.165) is 5.56 Å². The number of esters is 2. The van der Waals surface area contributed by atoms with Gasteiger partial charge in [0.15, 0.2) is 0 Å². The second-order valence-corrected chi connectivity index (χ2v) is 4.61. The Labute approximate surface area is 123 Å². The number of halogens is 1. The van der Waals surface area contributed by atoms with E-state index >= 15 is 0 Å². The second kappa shape index (κ2) is 7.70. The fourth-order valence-electron chi connectivity index (χ4n) is 1.59. The summed E-state index contributed by atoms with van der Waals surface area (Å²) in [4.78, 5) is 22.2. The minimum Gasteiger partial charge on any atom is -0.421 e. The Morgan fingerprint density at radius 3 is 2.05 bits per heavy atom. The fourth-order valence-corrected chi connectivity index (χ4v) is 1.71. The number of hydrogen-bond acceptors (Lipinski definition) is 4. The van der Waals surface area contributed by atoms with Crippen LogP contribution in [0.15, 0.2) is 29.8 Å². The van der Waals surface area contributed by atoms with E-state index in [9.17, 15) is 9.59 Å². The molecule has 0 unspecified atom stereocenters. The van der Waals surface area contributed by atoms with Crippen molar-refractivity contribution in [3.8, 4) is 0 Å². The molecule has 0 atom stereocenters. The van der Waals surface area contributed by atoms with Crippen LogP contribution in [0, 0.1) is 0 Å². The van der Waals surface area contributed by atoms with Gasteiger partial charge in [-0.2, -0.15) is 0 Å². The summed E-state index contributed by atoms with van der Waals surface area (Å²) in [6.07, 6.45) is 1.39. The van der Waals surface area contributed by atoms with E-state index < -0.39 is 18.2 Å². The molecule has 5 heteroatoms. The van der Waals surface area contributed by atoms with Crippen LogP contribution in [0.25, 0.3) is 6.08 Å². The van der Waals surface area contributed by atoms with E-state index in [-0.39, 0.29) is 0 Å². The molecule has 4 nitrogen and oxygen atoms in total. The van der Waals surface area contributed by atoms with Crippen molar-refractivity contribution >= 4 is 29.6 Å². The van der Waals surface area contributed by atoms with Gasteiger partial charge in [0.2, 0.25) is 0 Å². The van der Waals surface area contributed by atoms with Gasteiger partial charge in [0.05, 0.1) is 0 Å². The Balaban J connectivity index is 3.01. The maximum atomic E-state index is 11.1. The normalized spacial score (nSPS) is 11.3. The van der Waals surface area contributed by atoms with Crippen LogP contribution in [0.3, 0.4) is 0 Å². The van der Waals surface area contributed by atoms with Crippen molar-refractivity contribution in [1.29, 1.82) is 0 Å². The highest BCUT2D eigenvalue weighted by Gasteiger charge is 2.19. The molecule has 0 saturated heterocycles. The lowest BCUT2D eigenvalue weighted by Crippen LogP contribution is -2.24. The Kier molecular flexibility index (Phi) is 6.25. The van der Waals surface area contributed by atoms with E-state index in [1.807, 2.05) is 25.1 Å². The summed E-state index contributed by atoms with van der Waals surface area (Å²) < 4.78 is 10.1. The molecule has 0 saturated carbocycles. The van der Waals surface area contributed by atoms with Crippen LogP contribution in [-0.2, 0) is 19.1 Å². The van der Waals surface area contributed by atoms with Gasteiger partial charge in [0.25, 0.3) is 6.29 Å². The molecule has 0 aromatic heterocycles. The van der Waals surface area contributed by atoms with Crippen molar-refractivity contribution in [2.45, 2.75) is 33.5 Å². The third-order valence-corrected chi connectivity index (χ3v) is 2.73. The molecule has 0 spiro atoms. The molecule has 0 aliphatic rings. The zero-order valence-corrected chi connectivity index (χ0v) is 12.4. The lowest BCUT2D eigenvalue weighted by Gasteiger charge is -2.19. The second-order valence-electron chi connectivity index (χ2n) is 4.18. The molecule has 1 rings (SSSR count). The summed E-state index contributed by atoms with van der Waals surface area (Å²) in [5.74, 6) is -1.02. The van der Waals surface area contributed by atoms with Gasteiger partial charge in [0, 0.05) is 24.4 Å². The lowest BCUT2D eigenvalue weighted by atomic mass is 10.1. The summed E-state index contributed by atoms with van der Waals surface area (Å²) >= 11 is 5.82. The minimum atomic E-state index is -0.995. The summed E-state index contributed by atoms with van der Waals surface area (Å²) in [6.45, 7) is 4.43. The highest BCUT2D eigenvalue weighted by atomic mass is 35.5. The standard InChI is InChI=1S/C15H17ClO4/c1-4-13(9-12-5-7-14(16)8-6-12)15(19-10(2)17)20-11(3)18/h5-9,15H,4H2,1-3H3. The first-order valence-corrected chi connectivity index (χ1v) is 6.60. The first kappa shape index (κ1) is 16.2. The van der Waals surface area contributed by atoms with Gasteiger partial charge in [-0.3, -0.25) is 9.59 Å². The van der Waals surface area contributed by atoms with Gasteiger partial charge < -0.3 is 9.47 Å². The highest BCUT2D eigenvalue weighted by molar-refractivity contribution is 6.30. The highest BCUT2D eigenvalue weighted by Crippen LogP contribution is 2.19. The van der Waals surface area contributed by atoms with Crippen LogP contribution < -0.4 is 0 Å². The van der Waals surface area contributed by atoms with Gasteiger partial charge >= 0.3 is 11.9 Å². The molecule has 108 valence electrons. The summed E-state index contributed by atoms with van der Waals surface area (Å²) in [7, 11) is 0. The predicted molar refractivity (Wildman–Crippen MR) is 77.0 cm³/mol. The van der Waals surface area contributed by atoms with Crippen molar-refractivity contribution < 1.29 is 19.1 Å². The van der Waals surface area contributed by atoms with Crippen molar-refractivity contribution in [3.63, 3.8) is 0 Å². The van der Waals surface area contributed by atoms with Gasteiger partial charge in [-0.05, 0) is 30.2 Å². The van der Waals surface area contributed by atoms with Crippen LogP contribution >= 0.6 is 11.6 Å². The smallest absolute Gasteiger partial charge is 0.305 e. The van der Waals surface area contributed by atoms with E-state index in [2.05, 4.69) is 0 Å². The van der Waals surface area contributed by atoms with E-state index in [1.54, 1.807) is 12.1 Å². The topological polar surface area (TPSA) is 52.6 Å². The molecule has 0 aliphatic carbocycles. The molecular weight excluding hydrogens is 280 g/mol. The molecule has 0 N–H and O–H groups in total. The van der Waals surface area contributed by atoms with E-state index in [1.165, 1.54) is 13.8 Å². The SMILES string of the molecule is CCC(=Cc1ccc(Cl)cc1)C(OC(C)=O)OC(C)=O. The zero-order valence-electron chi connectivity index (χ0n) is 11.7. The van der Waals surface area contributed by atoms with Gasteiger partial charge in [-0.1, -0.05) is 30.7 Å². The first-order chi connectivity index (χ1) is 9.42. The molecule has 0 bridgehead atoms. The van der Waals surface area contributed by atoms with Gasteiger partial charge in [0.1, 0.15) is 0 Å². The van der Waals surface area contributed by atoms with E-state index in [0.29, 0.717) is 17.0 Å². The minimum absolute atomic E-state index is 0.508. The van der Waals surface area contributed by atoms with Crippen LogP contribution in [0.2, 0.25) is 5.02 Å². The average Bonchev–Trinajstić information content (AvgIpc) is 2.36. The molecule has 0 amide bonds. The molecular formula is C15H17ClO4. The van der Waals surface area contributed by atoms with Crippen molar-refractivity contribution in [3.05, 3.63) is 40.4 Å². The van der Waals surface area contributed by atoms with Crippen molar-refractivity contribution in [2.75, 3.05) is 0 Å². The number of rotatable bonds is 5. The lowest BCUT2D eigenvalue weighted by molar-refractivity contribution is -0.178. The molecule has 0 aliphatic heterocycles. The van der Waals surface area contributed by atoms with Crippen LogP contribution in [0.5, 0.6) is 0 Å². The van der Waals surface area contributed by atoms with Crippen LogP contribution in [0.4, 0.5) is 0 Å². The van der Waals surface area contributed by atoms with E-state index in [4.69, 9.17) is 21.1 Å². The third-order valence-electron chi connectivity index (χ3n) is 2.48. The van der Waals surface area contributed by atoms with Gasteiger partial charge in [-0.15, -0.1) is 0 Å². The maximum Gasteiger partial charge on any atom is 0.305 e. The number of carbonyl (C=O) groups is 2. The third kappa shape index (κ3) is 5.45. The Hall–Kier alpha value is -1.81. The fraction of sp³-hybridized carbons (Fsp3) is 0.333. The zero-order chi connectivity index (χ0) is 15.1. The Morgan fingerprint density at radius 2 is 1.65 bits per heavy atom.